The van der Waals surface area contributed by atoms with Crippen molar-refractivity contribution in [3.8, 4) is 22.9 Å². The zero-order valence-electron chi connectivity index (χ0n) is 18.4. The number of morpholine rings is 1. The quantitative estimate of drug-likeness (QED) is 0.473. The Hall–Kier alpha value is -3.50. The maximum absolute atomic E-state index is 12.4. The number of nitrogens with one attached hydrogen (secondary N) is 2. The molecule has 0 atom stereocenters. The van der Waals surface area contributed by atoms with Crippen molar-refractivity contribution in [2.24, 2.45) is 0 Å². The molecule has 9 nitrogen and oxygen atoms in total. The van der Waals surface area contributed by atoms with E-state index in [2.05, 4.69) is 33.1 Å². The van der Waals surface area contributed by atoms with Gasteiger partial charge in [0.15, 0.2) is 17.3 Å². The summed E-state index contributed by atoms with van der Waals surface area (Å²) in [5, 5.41) is 5.59. The Labute approximate surface area is 197 Å². The van der Waals surface area contributed by atoms with Gasteiger partial charge >= 0.3 is 6.03 Å². The van der Waals surface area contributed by atoms with Crippen molar-refractivity contribution in [1.82, 2.24) is 9.97 Å². The number of ether oxygens (including phenoxy) is 3. The summed E-state index contributed by atoms with van der Waals surface area (Å²) < 4.78 is 15.9. The summed E-state index contributed by atoms with van der Waals surface area (Å²) in [6.07, 6.45) is 1.71. The van der Waals surface area contributed by atoms with E-state index in [1.54, 1.807) is 50.7 Å². The Kier molecular flexibility index (Phi) is 7.16. The first kappa shape index (κ1) is 22.7. The summed E-state index contributed by atoms with van der Waals surface area (Å²) in [6, 6.07) is 12.1. The monoisotopic (exact) mass is 467 g/mol. The van der Waals surface area contributed by atoms with E-state index in [4.69, 9.17) is 19.2 Å². The van der Waals surface area contributed by atoms with Gasteiger partial charge in [0, 0.05) is 42.3 Å². The average molecular weight is 468 g/mol. The SMILES string of the molecule is COc1ccc(NC(=O)Nc2ccc(-c3ncc(S)c(N4CCOCC4)n3)cc2)cc1OC. The Morgan fingerprint density at radius 1 is 1.00 bits per heavy atom. The molecule has 0 unspecified atom stereocenters. The summed E-state index contributed by atoms with van der Waals surface area (Å²) >= 11 is 4.51. The molecule has 1 aliphatic heterocycles. The van der Waals surface area contributed by atoms with Crippen LogP contribution in [0.15, 0.2) is 53.6 Å². The van der Waals surface area contributed by atoms with Crippen molar-refractivity contribution in [2.45, 2.75) is 4.90 Å². The minimum atomic E-state index is -0.375. The summed E-state index contributed by atoms with van der Waals surface area (Å²) in [4.78, 5) is 24.4. The predicted octanol–water partition coefficient (Wildman–Crippen LogP) is 3.93. The van der Waals surface area contributed by atoms with E-state index in [1.165, 1.54) is 0 Å². The lowest BCUT2D eigenvalue weighted by Crippen LogP contribution is -2.37. The first-order chi connectivity index (χ1) is 16.1. The zero-order valence-corrected chi connectivity index (χ0v) is 19.3. The van der Waals surface area contributed by atoms with Crippen LogP contribution < -0.4 is 25.0 Å². The van der Waals surface area contributed by atoms with Crippen molar-refractivity contribution in [3.05, 3.63) is 48.7 Å². The minimum absolute atomic E-state index is 0.375. The van der Waals surface area contributed by atoms with Crippen molar-refractivity contribution < 1.29 is 19.0 Å². The molecule has 2 aromatic carbocycles. The number of rotatable bonds is 6. The molecule has 3 aromatic rings. The highest BCUT2D eigenvalue weighted by Crippen LogP contribution is 2.30. The van der Waals surface area contributed by atoms with Gasteiger partial charge in [0.2, 0.25) is 0 Å². The number of carbonyl (C=O) groups excluding carboxylic acids is 1. The Morgan fingerprint density at radius 3 is 2.36 bits per heavy atom. The number of thiol groups is 1. The van der Waals surface area contributed by atoms with Crippen LogP contribution in [0.2, 0.25) is 0 Å². The molecule has 1 fully saturated rings. The van der Waals surface area contributed by atoms with E-state index >= 15 is 0 Å². The Morgan fingerprint density at radius 2 is 1.67 bits per heavy atom. The van der Waals surface area contributed by atoms with Gasteiger partial charge < -0.3 is 29.7 Å². The summed E-state index contributed by atoms with van der Waals surface area (Å²) in [5.74, 6) is 2.51. The van der Waals surface area contributed by atoms with E-state index in [9.17, 15) is 4.79 Å². The molecule has 172 valence electrons. The number of carbonyl (C=O) groups is 1. The van der Waals surface area contributed by atoms with Crippen LogP contribution in [0.3, 0.4) is 0 Å². The third-order valence-corrected chi connectivity index (χ3v) is 5.42. The van der Waals surface area contributed by atoms with Crippen molar-refractivity contribution in [1.29, 1.82) is 0 Å². The van der Waals surface area contributed by atoms with Crippen LogP contribution >= 0.6 is 12.6 Å². The van der Waals surface area contributed by atoms with Crippen LogP contribution in [-0.4, -0.2) is 56.5 Å². The Bertz CT molecular complexity index is 1120. The number of urea groups is 1. The van der Waals surface area contributed by atoms with Gasteiger partial charge in [-0.05, 0) is 36.4 Å². The van der Waals surface area contributed by atoms with E-state index in [-0.39, 0.29) is 6.03 Å². The Balaban J connectivity index is 1.43. The third kappa shape index (κ3) is 5.47. The van der Waals surface area contributed by atoms with E-state index < -0.39 is 0 Å². The van der Waals surface area contributed by atoms with E-state index in [1.807, 2.05) is 12.1 Å². The lowest BCUT2D eigenvalue weighted by molar-refractivity contribution is 0.122. The summed E-state index contributed by atoms with van der Waals surface area (Å²) in [6.45, 7) is 2.86. The molecule has 10 heteroatoms. The molecule has 0 spiro atoms. The molecule has 1 aliphatic rings. The number of amides is 2. The van der Waals surface area contributed by atoms with Crippen LogP contribution in [-0.2, 0) is 4.74 Å². The number of anilines is 3. The maximum Gasteiger partial charge on any atom is 0.323 e. The van der Waals surface area contributed by atoms with Crippen LogP contribution in [0, 0.1) is 0 Å². The smallest absolute Gasteiger partial charge is 0.323 e. The van der Waals surface area contributed by atoms with Crippen molar-refractivity contribution >= 4 is 35.9 Å². The van der Waals surface area contributed by atoms with Crippen molar-refractivity contribution in [2.75, 3.05) is 56.1 Å². The predicted molar refractivity (Wildman–Crippen MR) is 130 cm³/mol. The molecule has 4 rings (SSSR count). The number of hydrogen-bond acceptors (Lipinski definition) is 8. The lowest BCUT2D eigenvalue weighted by atomic mass is 10.2. The maximum atomic E-state index is 12.4. The number of methoxy groups -OCH3 is 2. The van der Waals surface area contributed by atoms with Crippen LogP contribution in [0.5, 0.6) is 11.5 Å². The van der Waals surface area contributed by atoms with Gasteiger partial charge in [-0.3, -0.25) is 0 Å². The van der Waals surface area contributed by atoms with Gasteiger partial charge in [-0.15, -0.1) is 12.6 Å². The fourth-order valence-electron chi connectivity index (χ4n) is 3.42. The molecule has 0 saturated carbocycles. The van der Waals surface area contributed by atoms with Gasteiger partial charge in [-0.2, -0.15) is 0 Å². The van der Waals surface area contributed by atoms with Gasteiger partial charge in [-0.25, -0.2) is 14.8 Å². The number of nitrogens with zero attached hydrogens (tertiary/aromatic N) is 3. The van der Waals surface area contributed by atoms with E-state index in [0.717, 1.165) is 29.4 Å². The van der Waals surface area contributed by atoms with Gasteiger partial charge in [0.1, 0.15) is 5.82 Å². The van der Waals surface area contributed by atoms with Gasteiger partial charge in [0.25, 0.3) is 0 Å². The van der Waals surface area contributed by atoms with Crippen molar-refractivity contribution in [3.63, 3.8) is 0 Å². The molecule has 0 aliphatic carbocycles. The second kappa shape index (κ2) is 10.4. The number of benzene rings is 2. The van der Waals surface area contributed by atoms with E-state index in [0.29, 0.717) is 41.9 Å². The summed E-state index contributed by atoms with van der Waals surface area (Å²) in [5.41, 5.74) is 2.05. The second-order valence-corrected chi connectivity index (χ2v) is 7.71. The fraction of sp³-hybridized carbons (Fsp3) is 0.261. The average Bonchev–Trinajstić information content (AvgIpc) is 2.85. The molecule has 33 heavy (non-hydrogen) atoms. The highest BCUT2D eigenvalue weighted by atomic mass is 32.1. The third-order valence-electron chi connectivity index (χ3n) is 5.10. The molecule has 0 bridgehead atoms. The minimum Gasteiger partial charge on any atom is -0.493 e. The van der Waals surface area contributed by atoms with Crippen LogP contribution in [0.25, 0.3) is 11.4 Å². The topological polar surface area (TPSA) is 97.8 Å². The van der Waals surface area contributed by atoms with Crippen LogP contribution in [0.4, 0.5) is 22.0 Å². The molecule has 2 amide bonds. The standard InChI is InChI=1S/C23H25N5O4S/c1-30-18-8-7-17(13-19(18)31-2)26-23(29)25-16-5-3-15(4-6-16)21-24-14-20(33)22(27-21)28-9-11-32-12-10-28/h3-8,13-14,33H,9-12H2,1-2H3,(H2,25,26,29). The largest absolute Gasteiger partial charge is 0.493 e. The van der Waals surface area contributed by atoms with Crippen LogP contribution in [0.1, 0.15) is 0 Å². The summed E-state index contributed by atoms with van der Waals surface area (Å²) in [7, 11) is 3.10. The highest BCUT2D eigenvalue weighted by molar-refractivity contribution is 7.80. The fourth-order valence-corrected chi connectivity index (χ4v) is 3.67. The first-order valence-electron chi connectivity index (χ1n) is 10.4. The molecule has 0 radical (unpaired) electrons. The number of aromatic nitrogens is 2. The molecule has 1 saturated heterocycles. The highest BCUT2D eigenvalue weighted by Gasteiger charge is 2.17. The first-order valence-corrected chi connectivity index (χ1v) is 10.8. The van der Waals surface area contributed by atoms with Gasteiger partial charge in [-0.1, -0.05) is 0 Å². The lowest BCUT2D eigenvalue weighted by Gasteiger charge is -2.28. The molecule has 2 heterocycles. The molecular weight excluding hydrogens is 442 g/mol. The van der Waals surface area contributed by atoms with Gasteiger partial charge in [0.05, 0.1) is 32.3 Å². The zero-order chi connectivity index (χ0) is 23.2. The molecular formula is C23H25N5O4S. The normalized spacial score (nSPS) is 13.4. The second-order valence-electron chi connectivity index (χ2n) is 7.23. The number of hydrogen-bond donors (Lipinski definition) is 3. The molecule has 2 N–H and O–H groups in total. The molecule has 1 aromatic heterocycles.